The van der Waals surface area contributed by atoms with Gasteiger partial charge in [0, 0.05) is 6.07 Å². The summed E-state index contributed by atoms with van der Waals surface area (Å²) in [5.74, 6) is 0.546. The maximum absolute atomic E-state index is 9.45. The first kappa shape index (κ1) is 12.2. The minimum Gasteiger partial charge on any atom is -0.506 e. The number of benzene rings is 1. The van der Waals surface area contributed by atoms with Gasteiger partial charge in [0.2, 0.25) is 5.95 Å². The van der Waals surface area contributed by atoms with E-state index in [1.165, 1.54) is 6.20 Å². The second-order valence-electron chi connectivity index (χ2n) is 4.30. The van der Waals surface area contributed by atoms with Crippen molar-refractivity contribution in [1.29, 1.82) is 0 Å². The highest BCUT2D eigenvalue weighted by atomic mass is 16.3. The van der Waals surface area contributed by atoms with Crippen LogP contribution < -0.4 is 5.32 Å². The molecule has 0 radical (unpaired) electrons. The van der Waals surface area contributed by atoms with Gasteiger partial charge in [0.1, 0.15) is 12.1 Å². The summed E-state index contributed by atoms with van der Waals surface area (Å²) in [5.41, 5.74) is 2.37. The molecule has 2 N–H and O–H groups in total. The number of aromatic hydroxyl groups is 1. The Bertz CT molecular complexity index is 723. The third-order valence-electron chi connectivity index (χ3n) is 2.83. The van der Waals surface area contributed by atoms with Crippen LogP contribution in [-0.2, 0) is 0 Å². The van der Waals surface area contributed by atoms with Crippen molar-refractivity contribution in [2.24, 2.45) is 0 Å². The molecule has 100 valence electrons. The van der Waals surface area contributed by atoms with Crippen molar-refractivity contribution in [1.82, 2.24) is 19.7 Å². The first-order chi connectivity index (χ1) is 9.72. The lowest BCUT2D eigenvalue weighted by molar-refractivity contribution is 0.472. The van der Waals surface area contributed by atoms with E-state index in [0.29, 0.717) is 11.6 Å². The SMILES string of the molecule is Cc1ncc(O)cc1Nc1ncn(-c2ccccc2)n1. The minimum absolute atomic E-state index is 0.0978. The van der Waals surface area contributed by atoms with Gasteiger partial charge in [0.15, 0.2) is 0 Å². The van der Waals surface area contributed by atoms with Crippen molar-refractivity contribution in [3.63, 3.8) is 0 Å². The number of hydrogen-bond acceptors (Lipinski definition) is 5. The molecule has 6 heteroatoms. The van der Waals surface area contributed by atoms with E-state index in [-0.39, 0.29) is 5.75 Å². The Kier molecular flexibility index (Phi) is 3.04. The second kappa shape index (κ2) is 5.00. The van der Waals surface area contributed by atoms with Gasteiger partial charge >= 0.3 is 0 Å². The third kappa shape index (κ3) is 2.44. The molecule has 0 amide bonds. The topological polar surface area (TPSA) is 75.9 Å². The molecule has 2 aromatic heterocycles. The zero-order valence-electron chi connectivity index (χ0n) is 10.9. The fourth-order valence-corrected chi connectivity index (χ4v) is 1.79. The van der Waals surface area contributed by atoms with E-state index < -0.39 is 0 Å². The molecule has 0 aliphatic heterocycles. The number of aryl methyl sites for hydroxylation is 1. The molecule has 0 spiro atoms. The van der Waals surface area contributed by atoms with E-state index in [1.54, 1.807) is 17.1 Å². The van der Waals surface area contributed by atoms with Crippen molar-refractivity contribution in [3.05, 3.63) is 54.6 Å². The molecule has 6 nitrogen and oxygen atoms in total. The fourth-order valence-electron chi connectivity index (χ4n) is 1.79. The zero-order valence-corrected chi connectivity index (χ0v) is 10.9. The molecule has 0 bridgehead atoms. The van der Waals surface area contributed by atoms with Gasteiger partial charge in [-0.25, -0.2) is 4.68 Å². The van der Waals surface area contributed by atoms with Crippen molar-refractivity contribution < 1.29 is 5.11 Å². The monoisotopic (exact) mass is 267 g/mol. The highest BCUT2D eigenvalue weighted by molar-refractivity contribution is 5.57. The quantitative estimate of drug-likeness (QED) is 0.762. The summed E-state index contributed by atoms with van der Waals surface area (Å²) in [6.45, 7) is 1.84. The van der Waals surface area contributed by atoms with Crippen LogP contribution in [0, 0.1) is 6.92 Å². The van der Waals surface area contributed by atoms with Crippen LogP contribution in [0.5, 0.6) is 5.75 Å². The predicted octanol–water partition coefficient (Wildman–Crippen LogP) is 2.42. The van der Waals surface area contributed by atoms with Gasteiger partial charge in [-0.3, -0.25) is 4.98 Å². The molecule has 2 heterocycles. The Balaban J connectivity index is 1.86. The van der Waals surface area contributed by atoms with Crippen LogP contribution in [0.1, 0.15) is 5.69 Å². The lowest BCUT2D eigenvalue weighted by atomic mass is 10.3. The molecule has 0 saturated heterocycles. The van der Waals surface area contributed by atoms with Gasteiger partial charge in [-0.1, -0.05) is 18.2 Å². The summed E-state index contributed by atoms with van der Waals surface area (Å²) >= 11 is 0. The summed E-state index contributed by atoms with van der Waals surface area (Å²) in [4.78, 5) is 8.25. The van der Waals surface area contributed by atoms with Gasteiger partial charge in [0.25, 0.3) is 0 Å². The lowest BCUT2D eigenvalue weighted by Gasteiger charge is -2.05. The van der Waals surface area contributed by atoms with Gasteiger partial charge in [0.05, 0.1) is 23.3 Å². The van der Waals surface area contributed by atoms with E-state index in [9.17, 15) is 5.11 Å². The number of pyridine rings is 1. The fraction of sp³-hybridized carbons (Fsp3) is 0.0714. The Morgan fingerprint density at radius 2 is 1.95 bits per heavy atom. The van der Waals surface area contributed by atoms with E-state index in [2.05, 4.69) is 20.4 Å². The second-order valence-corrected chi connectivity index (χ2v) is 4.30. The minimum atomic E-state index is 0.0978. The number of para-hydroxylation sites is 1. The number of nitrogens with one attached hydrogen (secondary N) is 1. The zero-order chi connectivity index (χ0) is 13.9. The molecule has 3 rings (SSSR count). The molecule has 0 aliphatic carbocycles. The molecule has 3 aromatic rings. The molecule has 0 unspecified atom stereocenters. The molecule has 0 saturated carbocycles. The molecule has 0 aliphatic rings. The van der Waals surface area contributed by atoms with Crippen LogP contribution in [0.15, 0.2) is 48.9 Å². The lowest BCUT2D eigenvalue weighted by Crippen LogP contribution is -1.99. The Labute approximate surface area is 115 Å². The van der Waals surface area contributed by atoms with Crippen LogP contribution >= 0.6 is 0 Å². The summed E-state index contributed by atoms with van der Waals surface area (Å²) in [7, 11) is 0. The van der Waals surface area contributed by atoms with Crippen LogP contribution in [0.25, 0.3) is 5.69 Å². The maximum atomic E-state index is 9.45. The van der Waals surface area contributed by atoms with Gasteiger partial charge in [-0.2, -0.15) is 4.98 Å². The average molecular weight is 267 g/mol. The van der Waals surface area contributed by atoms with Gasteiger partial charge in [-0.05, 0) is 19.1 Å². The number of hydrogen-bond donors (Lipinski definition) is 2. The highest BCUT2D eigenvalue weighted by Gasteiger charge is 2.06. The smallest absolute Gasteiger partial charge is 0.247 e. The summed E-state index contributed by atoms with van der Waals surface area (Å²) in [6.07, 6.45) is 3.03. The molecule has 0 fully saturated rings. The van der Waals surface area contributed by atoms with Crippen molar-refractivity contribution in [2.75, 3.05) is 5.32 Å². The summed E-state index contributed by atoms with van der Waals surface area (Å²) in [5, 5.41) is 16.8. The Hall–Kier alpha value is -2.89. The van der Waals surface area contributed by atoms with Gasteiger partial charge < -0.3 is 10.4 Å². The van der Waals surface area contributed by atoms with Gasteiger partial charge in [-0.15, -0.1) is 5.10 Å². The van der Waals surface area contributed by atoms with E-state index in [4.69, 9.17) is 0 Å². The summed E-state index contributed by atoms with van der Waals surface area (Å²) < 4.78 is 1.67. The van der Waals surface area contributed by atoms with E-state index in [1.807, 2.05) is 37.3 Å². The van der Waals surface area contributed by atoms with Crippen molar-refractivity contribution >= 4 is 11.6 Å². The average Bonchev–Trinajstić information content (AvgIpc) is 2.92. The highest BCUT2D eigenvalue weighted by Crippen LogP contribution is 2.21. The van der Waals surface area contributed by atoms with E-state index >= 15 is 0 Å². The van der Waals surface area contributed by atoms with Crippen LogP contribution in [0.2, 0.25) is 0 Å². The molecular weight excluding hydrogens is 254 g/mol. The van der Waals surface area contributed by atoms with Crippen molar-refractivity contribution in [3.8, 4) is 11.4 Å². The molecular formula is C14H13N5O. The number of nitrogens with zero attached hydrogens (tertiary/aromatic N) is 4. The first-order valence-electron chi connectivity index (χ1n) is 6.12. The van der Waals surface area contributed by atoms with Crippen LogP contribution in [0.4, 0.5) is 11.6 Å². The standard InChI is InChI=1S/C14H13N5O/c1-10-13(7-12(20)8-15-10)17-14-16-9-19(18-14)11-5-3-2-4-6-11/h2-9,20H,1H3,(H,17,18). The molecule has 0 atom stereocenters. The Morgan fingerprint density at radius 3 is 2.75 bits per heavy atom. The van der Waals surface area contributed by atoms with Crippen LogP contribution in [-0.4, -0.2) is 24.9 Å². The third-order valence-corrected chi connectivity index (χ3v) is 2.83. The first-order valence-corrected chi connectivity index (χ1v) is 6.12. The van der Waals surface area contributed by atoms with E-state index in [0.717, 1.165) is 11.4 Å². The molecule has 1 aromatic carbocycles. The summed E-state index contributed by atoms with van der Waals surface area (Å²) in [6, 6.07) is 11.3. The normalized spacial score (nSPS) is 10.4. The molecule has 20 heavy (non-hydrogen) atoms. The number of aromatic nitrogens is 4. The van der Waals surface area contributed by atoms with Crippen LogP contribution in [0.3, 0.4) is 0 Å². The number of rotatable bonds is 3. The maximum Gasteiger partial charge on any atom is 0.247 e. The largest absolute Gasteiger partial charge is 0.506 e. The van der Waals surface area contributed by atoms with Crippen molar-refractivity contribution in [2.45, 2.75) is 6.92 Å². The Morgan fingerprint density at radius 1 is 1.15 bits per heavy atom. The predicted molar refractivity (Wildman–Crippen MR) is 75.3 cm³/mol. The number of anilines is 2.